The highest BCUT2D eigenvalue weighted by Crippen LogP contribution is 2.30. The van der Waals surface area contributed by atoms with E-state index in [-0.39, 0.29) is 24.2 Å². The number of benzene rings is 1. The van der Waals surface area contributed by atoms with Crippen LogP contribution in [0.2, 0.25) is 0 Å². The molecule has 1 N–H and O–H groups in total. The molecule has 4 nitrogen and oxygen atoms in total. The fourth-order valence-corrected chi connectivity index (χ4v) is 3.18. The number of nitrogens with zero attached hydrogens (tertiary/aromatic N) is 2. The van der Waals surface area contributed by atoms with Gasteiger partial charge >= 0.3 is 6.18 Å². The van der Waals surface area contributed by atoms with Crippen molar-refractivity contribution in [2.24, 2.45) is 0 Å². The number of aromatic amines is 1. The third kappa shape index (κ3) is 3.87. The van der Waals surface area contributed by atoms with Crippen LogP contribution < -0.4 is 5.56 Å². The van der Waals surface area contributed by atoms with E-state index in [0.29, 0.717) is 29.8 Å². The van der Waals surface area contributed by atoms with Crippen molar-refractivity contribution in [3.8, 4) is 0 Å². The lowest BCUT2D eigenvalue weighted by Gasteiger charge is -2.27. The summed E-state index contributed by atoms with van der Waals surface area (Å²) < 4.78 is 51.8. The minimum atomic E-state index is -4.57. The van der Waals surface area contributed by atoms with Gasteiger partial charge in [0.05, 0.1) is 16.8 Å². The van der Waals surface area contributed by atoms with Crippen molar-refractivity contribution in [2.45, 2.75) is 30.8 Å². The van der Waals surface area contributed by atoms with Gasteiger partial charge in [0.1, 0.15) is 5.82 Å². The fourth-order valence-electron chi connectivity index (χ4n) is 2.78. The van der Waals surface area contributed by atoms with Crippen LogP contribution in [-0.4, -0.2) is 27.7 Å². The molecule has 1 aromatic heterocycles. The van der Waals surface area contributed by atoms with Gasteiger partial charge in [-0.25, -0.2) is 9.37 Å². The summed E-state index contributed by atoms with van der Waals surface area (Å²) in [5, 5.41) is 0.547. The smallest absolute Gasteiger partial charge is 0.301 e. The lowest BCUT2D eigenvalue weighted by molar-refractivity contribution is -0.137. The van der Waals surface area contributed by atoms with Crippen LogP contribution in [0.3, 0.4) is 0 Å². The van der Waals surface area contributed by atoms with Crippen molar-refractivity contribution in [1.82, 2.24) is 14.9 Å². The molecule has 0 spiro atoms. The Balaban J connectivity index is 1.79. The zero-order chi connectivity index (χ0) is 18.2. The Hall–Kier alpha value is -1.87. The monoisotopic (exact) mass is 373 g/mol. The first-order valence-electron chi connectivity index (χ1n) is 7.52. The summed E-state index contributed by atoms with van der Waals surface area (Å²) in [6, 6.07) is 2.52. The normalized spacial score (nSPS) is 15.2. The number of aromatic nitrogens is 2. The van der Waals surface area contributed by atoms with Crippen LogP contribution in [-0.2, 0) is 25.7 Å². The van der Waals surface area contributed by atoms with E-state index in [4.69, 9.17) is 0 Å². The van der Waals surface area contributed by atoms with Crippen LogP contribution in [0, 0.1) is 5.82 Å². The van der Waals surface area contributed by atoms with Gasteiger partial charge < -0.3 is 4.98 Å². The number of hydrogen-bond acceptors (Lipinski definition) is 4. The average Bonchev–Trinajstić information content (AvgIpc) is 2.56. The van der Waals surface area contributed by atoms with Crippen LogP contribution in [0.5, 0.6) is 0 Å². The van der Waals surface area contributed by atoms with E-state index in [0.717, 1.165) is 17.8 Å². The molecule has 0 saturated heterocycles. The number of hydrogen-bond donors (Lipinski definition) is 1. The van der Waals surface area contributed by atoms with Crippen LogP contribution >= 0.6 is 11.8 Å². The Bertz CT molecular complexity index is 850. The lowest BCUT2D eigenvalue weighted by atomic mass is 10.1. The van der Waals surface area contributed by atoms with Crippen molar-refractivity contribution < 1.29 is 17.6 Å². The molecule has 1 aromatic carbocycles. The van der Waals surface area contributed by atoms with Crippen molar-refractivity contribution in [2.75, 3.05) is 12.8 Å². The molecule has 0 amide bonds. The Labute approximate surface area is 145 Å². The third-order valence-electron chi connectivity index (χ3n) is 4.09. The molecule has 0 fully saturated rings. The highest BCUT2D eigenvalue weighted by atomic mass is 32.2. The minimum Gasteiger partial charge on any atom is -0.301 e. The van der Waals surface area contributed by atoms with Gasteiger partial charge in [-0.05, 0) is 18.4 Å². The van der Waals surface area contributed by atoms with Gasteiger partial charge in [0.15, 0.2) is 5.16 Å². The van der Waals surface area contributed by atoms with Crippen molar-refractivity contribution >= 4 is 11.8 Å². The van der Waals surface area contributed by atoms with E-state index >= 15 is 0 Å². The number of nitrogens with one attached hydrogen (secondary N) is 1. The second-order valence-corrected chi connectivity index (χ2v) is 6.56. The molecule has 2 heterocycles. The maximum absolute atomic E-state index is 14.0. The lowest BCUT2D eigenvalue weighted by Crippen LogP contribution is -2.35. The van der Waals surface area contributed by atoms with Crippen molar-refractivity contribution in [3.63, 3.8) is 0 Å². The molecule has 1 aliphatic heterocycles. The average molecular weight is 373 g/mol. The van der Waals surface area contributed by atoms with Crippen LogP contribution in [0.15, 0.2) is 28.2 Å². The van der Waals surface area contributed by atoms with Gasteiger partial charge in [0.2, 0.25) is 0 Å². The van der Waals surface area contributed by atoms with Gasteiger partial charge in [-0.2, -0.15) is 13.2 Å². The summed E-state index contributed by atoms with van der Waals surface area (Å²) >= 11 is 1.34. The number of thioether (sulfide) groups is 1. The molecule has 0 bridgehead atoms. The molecule has 134 valence electrons. The summed E-state index contributed by atoms with van der Waals surface area (Å²) in [7, 11) is 0. The van der Waals surface area contributed by atoms with Crippen LogP contribution in [0.25, 0.3) is 0 Å². The largest absolute Gasteiger partial charge is 0.416 e. The number of rotatable bonds is 3. The molecule has 2 aromatic rings. The zero-order valence-corrected chi connectivity index (χ0v) is 14.1. The SMILES string of the molecule is CSc1nc2c(c(=O)[nH]1)CN(Cc1ccc(C(F)(F)F)cc1F)CC2. The van der Waals surface area contributed by atoms with E-state index in [9.17, 15) is 22.4 Å². The van der Waals surface area contributed by atoms with Gasteiger partial charge in [0, 0.05) is 31.6 Å². The molecular weight excluding hydrogens is 358 g/mol. The summed E-state index contributed by atoms with van der Waals surface area (Å²) in [6.07, 6.45) is -2.22. The molecular formula is C16H15F4N3OS. The highest BCUT2D eigenvalue weighted by molar-refractivity contribution is 7.98. The standard InChI is InChI=1S/C16H15F4N3OS/c1-25-15-21-13-4-5-23(8-11(13)14(24)22-15)7-9-2-3-10(6-12(9)17)16(18,19)20/h2-3,6H,4-5,7-8H2,1H3,(H,21,22,24). The topological polar surface area (TPSA) is 49.0 Å². The number of halogens is 4. The molecule has 0 radical (unpaired) electrons. The highest BCUT2D eigenvalue weighted by Gasteiger charge is 2.31. The Morgan fingerprint density at radius 2 is 2.12 bits per heavy atom. The van der Waals surface area contributed by atoms with E-state index in [1.807, 2.05) is 11.2 Å². The van der Waals surface area contributed by atoms with Gasteiger partial charge in [-0.15, -0.1) is 0 Å². The van der Waals surface area contributed by atoms with Crippen molar-refractivity contribution in [3.05, 3.63) is 56.8 Å². The second-order valence-electron chi connectivity index (χ2n) is 5.77. The molecule has 0 saturated carbocycles. The van der Waals surface area contributed by atoms with Gasteiger partial charge in [-0.1, -0.05) is 17.8 Å². The first kappa shape index (κ1) is 17.9. The Morgan fingerprint density at radius 1 is 1.36 bits per heavy atom. The van der Waals surface area contributed by atoms with E-state index in [1.165, 1.54) is 11.8 Å². The van der Waals surface area contributed by atoms with Crippen LogP contribution in [0.1, 0.15) is 22.4 Å². The predicted octanol–water partition coefficient (Wildman–Crippen LogP) is 3.21. The third-order valence-corrected chi connectivity index (χ3v) is 4.67. The Morgan fingerprint density at radius 3 is 2.76 bits per heavy atom. The maximum atomic E-state index is 14.0. The fraction of sp³-hybridized carbons (Fsp3) is 0.375. The number of fused-ring (bicyclic) bond motifs is 1. The summed E-state index contributed by atoms with van der Waals surface area (Å²) in [5.74, 6) is -0.898. The molecule has 3 rings (SSSR count). The summed E-state index contributed by atoms with van der Waals surface area (Å²) in [4.78, 5) is 21.0. The first-order chi connectivity index (χ1) is 11.8. The maximum Gasteiger partial charge on any atom is 0.416 e. The van der Waals surface area contributed by atoms with Crippen LogP contribution in [0.4, 0.5) is 17.6 Å². The van der Waals surface area contributed by atoms with E-state index < -0.39 is 17.6 Å². The summed E-state index contributed by atoms with van der Waals surface area (Å²) in [5.41, 5.74) is 0.171. The van der Waals surface area contributed by atoms with Crippen molar-refractivity contribution in [1.29, 1.82) is 0 Å². The van der Waals surface area contributed by atoms with E-state index in [2.05, 4.69) is 9.97 Å². The molecule has 0 atom stereocenters. The molecule has 25 heavy (non-hydrogen) atoms. The molecule has 0 unspecified atom stereocenters. The minimum absolute atomic E-state index is 0.132. The van der Waals surface area contributed by atoms with E-state index in [1.54, 1.807) is 0 Å². The first-order valence-corrected chi connectivity index (χ1v) is 8.74. The quantitative estimate of drug-likeness (QED) is 0.510. The van der Waals surface area contributed by atoms with Gasteiger partial charge in [0.25, 0.3) is 5.56 Å². The molecule has 0 aliphatic carbocycles. The molecule has 1 aliphatic rings. The molecule has 9 heteroatoms. The Kier molecular flexibility index (Phi) is 4.88. The zero-order valence-electron chi connectivity index (χ0n) is 13.3. The number of alkyl halides is 3. The summed E-state index contributed by atoms with van der Waals surface area (Å²) in [6.45, 7) is 0.970. The second kappa shape index (κ2) is 6.80. The number of H-pyrrole nitrogens is 1. The van der Waals surface area contributed by atoms with Gasteiger partial charge in [-0.3, -0.25) is 9.69 Å². The predicted molar refractivity (Wildman–Crippen MR) is 85.9 cm³/mol.